The Kier molecular flexibility index (Phi) is 5.70. The van der Waals surface area contributed by atoms with Crippen LogP contribution in [0.25, 0.3) is 0 Å². The zero-order chi connectivity index (χ0) is 20.1. The molecule has 2 aromatic carbocycles. The molecule has 0 radical (unpaired) electrons. The normalized spacial score (nSPS) is 13.3. The fourth-order valence-electron chi connectivity index (χ4n) is 3.40. The molecule has 2 N–H and O–H groups in total. The van der Waals surface area contributed by atoms with E-state index in [2.05, 4.69) is 44.6 Å². The molecule has 1 fully saturated rings. The van der Waals surface area contributed by atoms with E-state index < -0.39 is 0 Å². The van der Waals surface area contributed by atoms with Crippen molar-refractivity contribution in [3.63, 3.8) is 0 Å². The zero-order valence-corrected chi connectivity index (χ0v) is 16.6. The van der Waals surface area contributed by atoms with Crippen molar-refractivity contribution < 1.29 is 4.79 Å². The number of hydrogen-bond donors (Lipinski definition) is 2. The number of carbonyl (C=O) groups is 1. The maximum atomic E-state index is 12.5. The smallest absolute Gasteiger partial charge is 0.258 e. The number of aromatic nitrogens is 2. The molecule has 1 aliphatic heterocycles. The minimum atomic E-state index is -0.224. The summed E-state index contributed by atoms with van der Waals surface area (Å²) in [7, 11) is 0. The fraction of sp³-hybridized carbons (Fsp3) is 0.261. The predicted octanol–water partition coefficient (Wildman–Crippen LogP) is 4.64. The lowest BCUT2D eigenvalue weighted by Gasteiger charge is -2.17. The lowest BCUT2D eigenvalue weighted by atomic mass is 10.1. The van der Waals surface area contributed by atoms with E-state index in [-0.39, 0.29) is 5.91 Å². The van der Waals surface area contributed by atoms with Gasteiger partial charge in [0.15, 0.2) is 0 Å². The van der Waals surface area contributed by atoms with E-state index in [1.165, 1.54) is 36.5 Å². The summed E-state index contributed by atoms with van der Waals surface area (Å²) >= 11 is 0. The summed E-state index contributed by atoms with van der Waals surface area (Å²) in [6.07, 6.45) is 6.55. The van der Waals surface area contributed by atoms with Crippen LogP contribution in [0.5, 0.6) is 0 Å². The monoisotopic (exact) mass is 387 g/mol. The molecule has 0 unspecified atom stereocenters. The van der Waals surface area contributed by atoms with Crippen molar-refractivity contribution >= 4 is 28.9 Å². The molecular formula is C23H25N5O. The molecule has 0 atom stereocenters. The van der Waals surface area contributed by atoms with Crippen LogP contribution in [0.2, 0.25) is 0 Å². The topological polar surface area (TPSA) is 70.2 Å². The number of rotatable bonds is 6. The van der Waals surface area contributed by atoms with Crippen LogP contribution < -0.4 is 15.5 Å². The van der Waals surface area contributed by atoms with E-state index in [9.17, 15) is 4.79 Å². The second kappa shape index (κ2) is 8.73. The summed E-state index contributed by atoms with van der Waals surface area (Å²) < 4.78 is 0. The van der Waals surface area contributed by atoms with Gasteiger partial charge in [-0.2, -0.15) is 0 Å². The Bertz CT molecular complexity index is 946. The van der Waals surface area contributed by atoms with Crippen molar-refractivity contribution in [3.05, 3.63) is 72.1 Å². The molecule has 1 amide bonds. The Balaban J connectivity index is 1.36. The number of hydrogen-bond acceptors (Lipinski definition) is 5. The average molecular weight is 387 g/mol. The maximum Gasteiger partial charge on any atom is 0.258 e. The Morgan fingerprint density at radius 2 is 1.55 bits per heavy atom. The summed E-state index contributed by atoms with van der Waals surface area (Å²) in [4.78, 5) is 23.3. The van der Waals surface area contributed by atoms with E-state index in [4.69, 9.17) is 0 Å². The van der Waals surface area contributed by atoms with Gasteiger partial charge < -0.3 is 15.5 Å². The number of nitrogens with one attached hydrogen (secondary N) is 2. The first-order valence-corrected chi connectivity index (χ1v) is 10.1. The van der Waals surface area contributed by atoms with Gasteiger partial charge in [-0.1, -0.05) is 19.1 Å². The van der Waals surface area contributed by atoms with Crippen LogP contribution in [0.1, 0.15) is 35.7 Å². The summed E-state index contributed by atoms with van der Waals surface area (Å²) in [5.74, 6) is 0.235. The Labute approximate surface area is 171 Å². The molecule has 1 saturated heterocycles. The van der Waals surface area contributed by atoms with Crippen molar-refractivity contribution in [1.29, 1.82) is 0 Å². The first-order chi connectivity index (χ1) is 14.2. The molecule has 4 rings (SSSR count). The van der Waals surface area contributed by atoms with E-state index in [1.54, 1.807) is 0 Å². The van der Waals surface area contributed by atoms with E-state index >= 15 is 0 Å². The van der Waals surface area contributed by atoms with Crippen LogP contribution in [-0.4, -0.2) is 29.0 Å². The van der Waals surface area contributed by atoms with Crippen molar-refractivity contribution in [2.75, 3.05) is 28.6 Å². The highest BCUT2D eigenvalue weighted by atomic mass is 16.1. The molecular weight excluding hydrogens is 362 g/mol. The minimum absolute atomic E-state index is 0.224. The number of nitrogens with zero attached hydrogens (tertiary/aromatic N) is 3. The fourth-order valence-corrected chi connectivity index (χ4v) is 3.40. The second-order valence-corrected chi connectivity index (χ2v) is 7.17. The first kappa shape index (κ1) is 18.9. The molecule has 6 heteroatoms. The van der Waals surface area contributed by atoms with Gasteiger partial charge in [0.05, 0.1) is 5.56 Å². The first-order valence-electron chi connectivity index (χ1n) is 10.1. The highest BCUT2D eigenvalue weighted by Crippen LogP contribution is 2.22. The summed E-state index contributed by atoms with van der Waals surface area (Å²) in [5, 5.41) is 6.05. The van der Waals surface area contributed by atoms with E-state index in [1.807, 2.05) is 36.4 Å². The van der Waals surface area contributed by atoms with Crippen LogP contribution >= 0.6 is 0 Å². The van der Waals surface area contributed by atoms with Crippen LogP contribution in [-0.2, 0) is 6.42 Å². The summed E-state index contributed by atoms with van der Waals surface area (Å²) in [6.45, 7) is 4.33. The van der Waals surface area contributed by atoms with Crippen LogP contribution in [0.3, 0.4) is 0 Å². The third-order valence-corrected chi connectivity index (χ3v) is 5.13. The van der Waals surface area contributed by atoms with Crippen molar-refractivity contribution in [3.8, 4) is 0 Å². The Morgan fingerprint density at radius 3 is 2.17 bits per heavy atom. The van der Waals surface area contributed by atoms with E-state index in [0.717, 1.165) is 30.9 Å². The predicted molar refractivity (Wildman–Crippen MR) is 117 cm³/mol. The number of amides is 1. The number of aryl methyl sites for hydroxylation is 1. The van der Waals surface area contributed by atoms with Gasteiger partial charge >= 0.3 is 0 Å². The SMILES string of the molecule is CCc1ccc(Nc2ncc(C(=O)Nc3ccc(N4CCCC4)cc3)cn2)cc1. The molecule has 29 heavy (non-hydrogen) atoms. The molecule has 2 heterocycles. The third kappa shape index (κ3) is 4.71. The van der Waals surface area contributed by atoms with Crippen molar-refractivity contribution in [2.45, 2.75) is 26.2 Å². The maximum absolute atomic E-state index is 12.5. The molecule has 0 saturated carbocycles. The van der Waals surface area contributed by atoms with Crippen molar-refractivity contribution in [1.82, 2.24) is 9.97 Å². The molecule has 148 valence electrons. The highest BCUT2D eigenvalue weighted by molar-refractivity contribution is 6.04. The quantitative estimate of drug-likeness (QED) is 0.645. The number of benzene rings is 2. The summed E-state index contributed by atoms with van der Waals surface area (Å²) in [6, 6.07) is 16.1. The molecule has 0 aliphatic carbocycles. The van der Waals surface area contributed by atoms with Gasteiger partial charge in [0, 0.05) is 42.5 Å². The summed E-state index contributed by atoms with van der Waals surface area (Å²) in [5.41, 5.74) is 4.57. The minimum Gasteiger partial charge on any atom is -0.372 e. The standard InChI is InChI=1S/C23H25N5O/c1-2-17-5-7-20(8-6-17)27-23-24-15-18(16-25-23)22(29)26-19-9-11-21(12-10-19)28-13-3-4-14-28/h5-12,15-16H,2-4,13-14H2,1H3,(H,26,29)(H,24,25,27). The Hall–Kier alpha value is -3.41. The molecule has 0 spiro atoms. The zero-order valence-electron chi connectivity index (χ0n) is 16.6. The van der Waals surface area contributed by atoms with Gasteiger partial charge in [-0.15, -0.1) is 0 Å². The molecule has 0 bridgehead atoms. The highest BCUT2D eigenvalue weighted by Gasteiger charge is 2.13. The number of anilines is 4. The van der Waals surface area contributed by atoms with Gasteiger partial charge in [-0.25, -0.2) is 9.97 Å². The third-order valence-electron chi connectivity index (χ3n) is 5.13. The van der Waals surface area contributed by atoms with E-state index in [0.29, 0.717) is 11.5 Å². The number of carbonyl (C=O) groups excluding carboxylic acids is 1. The van der Waals surface area contributed by atoms with Crippen molar-refractivity contribution in [2.24, 2.45) is 0 Å². The largest absolute Gasteiger partial charge is 0.372 e. The van der Waals surface area contributed by atoms with Gasteiger partial charge in [-0.3, -0.25) is 4.79 Å². The lowest BCUT2D eigenvalue weighted by Crippen LogP contribution is -2.17. The van der Waals surface area contributed by atoms with Gasteiger partial charge in [0.25, 0.3) is 5.91 Å². The second-order valence-electron chi connectivity index (χ2n) is 7.17. The molecule has 1 aromatic heterocycles. The Morgan fingerprint density at radius 1 is 0.931 bits per heavy atom. The molecule has 3 aromatic rings. The van der Waals surface area contributed by atoms with Gasteiger partial charge in [0.1, 0.15) is 0 Å². The van der Waals surface area contributed by atoms with Crippen LogP contribution in [0.4, 0.5) is 23.0 Å². The van der Waals surface area contributed by atoms with Gasteiger partial charge in [0.2, 0.25) is 5.95 Å². The van der Waals surface area contributed by atoms with Gasteiger partial charge in [-0.05, 0) is 61.2 Å². The van der Waals surface area contributed by atoms with Crippen LogP contribution in [0, 0.1) is 0 Å². The van der Waals surface area contributed by atoms with Crippen LogP contribution in [0.15, 0.2) is 60.9 Å². The molecule has 6 nitrogen and oxygen atoms in total. The lowest BCUT2D eigenvalue weighted by molar-refractivity contribution is 0.102. The molecule has 1 aliphatic rings. The average Bonchev–Trinajstić information content (AvgIpc) is 3.30.